The van der Waals surface area contributed by atoms with Crippen molar-refractivity contribution in [2.75, 3.05) is 6.54 Å². The second-order valence-electron chi connectivity index (χ2n) is 6.30. The lowest BCUT2D eigenvalue weighted by molar-refractivity contribution is 0.457. The zero-order chi connectivity index (χ0) is 15.3. The third-order valence-electron chi connectivity index (χ3n) is 3.55. The molecule has 0 radical (unpaired) electrons. The number of nitrogens with one attached hydrogen (secondary N) is 1. The van der Waals surface area contributed by atoms with Crippen molar-refractivity contribution >= 4 is 0 Å². The Hall–Kier alpha value is -1.87. The lowest BCUT2D eigenvalue weighted by Gasteiger charge is -2.23. The first kappa shape index (κ1) is 15.5. The van der Waals surface area contributed by atoms with Gasteiger partial charge in [-0.15, -0.1) is 0 Å². The Labute approximate surface area is 127 Å². The largest absolute Gasteiger partial charge is 0.508 e. The maximum absolute atomic E-state index is 10.1. The zero-order valence-corrected chi connectivity index (χ0v) is 13.1. The van der Waals surface area contributed by atoms with Gasteiger partial charge in [-0.1, -0.05) is 39.0 Å². The van der Waals surface area contributed by atoms with Crippen LogP contribution in [0.4, 0.5) is 0 Å². The average molecular weight is 284 g/mol. The fourth-order valence-electron chi connectivity index (χ4n) is 2.44. The number of hydrogen-bond acceptors (Lipinski definition) is 3. The van der Waals surface area contributed by atoms with E-state index in [1.165, 1.54) is 5.56 Å². The van der Waals surface area contributed by atoms with E-state index in [2.05, 4.69) is 37.1 Å². The molecule has 0 unspecified atom stereocenters. The van der Waals surface area contributed by atoms with E-state index in [1.54, 1.807) is 6.07 Å². The molecule has 0 saturated heterocycles. The molecule has 0 aliphatic rings. The third kappa shape index (κ3) is 4.30. The highest BCUT2D eigenvalue weighted by Crippen LogP contribution is 2.30. The van der Waals surface area contributed by atoms with Crippen LogP contribution in [0.5, 0.6) is 5.75 Å². The number of aromatic hydroxyl groups is 1. The van der Waals surface area contributed by atoms with Crippen LogP contribution >= 0.6 is 0 Å². The maximum Gasteiger partial charge on any atom is 0.120 e. The van der Waals surface area contributed by atoms with Gasteiger partial charge in [0.05, 0.1) is 0 Å². The van der Waals surface area contributed by atoms with Gasteiger partial charge in [0.1, 0.15) is 5.75 Å². The standard InChI is InChI=1S/C18H24N2O/c1-18(2,3)16-8-6-9-17(21)15(16)13-19-12-10-14-7-4-5-11-20-14/h4-9,11,19,21H,10,12-13H2,1-3H3. The van der Waals surface area contributed by atoms with E-state index in [0.29, 0.717) is 12.3 Å². The summed E-state index contributed by atoms with van der Waals surface area (Å²) in [6.45, 7) is 8.01. The highest BCUT2D eigenvalue weighted by Gasteiger charge is 2.19. The number of phenolic OH excluding ortho intramolecular Hbond substituents is 1. The van der Waals surface area contributed by atoms with Gasteiger partial charge >= 0.3 is 0 Å². The molecule has 0 spiro atoms. The second-order valence-corrected chi connectivity index (χ2v) is 6.30. The zero-order valence-electron chi connectivity index (χ0n) is 13.1. The predicted octanol–water partition coefficient (Wildman–Crippen LogP) is 3.42. The Kier molecular flexibility index (Phi) is 4.97. The summed E-state index contributed by atoms with van der Waals surface area (Å²) >= 11 is 0. The molecule has 21 heavy (non-hydrogen) atoms. The topological polar surface area (TPSA) is 45.1 Å². The Bertz CT molecular complexity index is 574. The molecule has 0 atom stereocenters. The van der Waals surface area contributed by atoms with Gasteiger partial charge in [-0.3, -0.25) is 4.98 Å². The summed E-state index contributed by atoms with van der Waals surface area (Å²) in [7, 11) is 0. The van der Waals surface area contributed by atoms with E-state index in [0.717, 1.165) is 24.2 Å². The SMILES string of the molecule is CC(C)(C)c1cccc(O)c1CNCCc1ccccn1. The third-order valence-corrected chi connectivity index (χ3v) is 3.55. The first-order valence-corrected chi connectivity index (χ1v) is 7.40. The van der Waals surface area contributed by atoms with Crippen LogP contribution in [-0.4, -0.2) is 16.6 Å². The summed E-state index contributed by atoms with van der Waals surface area (Å²) < 4.78 is 0. The van der Waals surface area contributed by atoms with Crippen LogP contribution in [0.3, 0.4) is 0 Å². The summed E-state index contributed by atoms with van der Waals surface area (Å²) in [5.74, 6) is 0.368. The van der Waals surface area contributed by atoms with E-state index < -0.39 is 0 Å². The molecule has 0 amide bonds. The van der Waals surface area contributed by atoms with Crippen LogP contribution in [0.25, 0.3) is 0 Å². The molecule has 0 aliphatic heterocycles. The smallest absolute Gasteiger partial charge is 0.120 e. The van der Waals surface area contributed by atoms with Crippen LogP contribution in [0.15, 0.2) is 42.6 Å². The fourth-order valence-corrected chi connectivity index (χ4v) is 2.44. The molecule has 1 aromatic heterocycles. The van der Waals surface area contributed by atoms with Gasteiger partial charge in [0, 0.05) is 37.0 Å². The van der Waals surface area contributed by atoms with E-state index in [9.17, 15) is 5.11 Å². The maximum atomic E-state index is 10.1. The highest BCUT2D eigenvalue weighted by molar-refractivity contribution is 5.42. The Balaban J connectivity index is 1.97. The van der Waals surface area contributed by atoms with E-state index in [1.807, 2.05) is 30.5 Å². The summed E-state index contributed by atoms with van der Waals surface area (Å²) in [4.78, 5) is 4.31. The van der Waals surface area contributed by atoms with Gasteiger partial charge in [-0.25, -0.2) is 0 Å². The molecular formula is C18H24N2O. The van der Waals surface area contributed by atoms with Crippen molar-refractivity contribution in [2.24, 2.45) is 0 Å². The minimum Gasteiger partial charge on any atom is -0.508 e. The van der Waals surface area contributed by atoms with Gasteiger partial charge in [0.25, 0.3) is 0 Å². The van der Waals surface area contributed by atoms with E-state index >= 15 is 0 Å². The first-order chi connectivity index (χ1) is 9.98. The number of nitrogens with zero attached hydrogens (tertiary/aromatic N) is 1. The number of aromatic nitrogens is 1. The predicted molar refractivity (Wildman–Crippen MR) is 86.5 cm³/mol. The number of rotatable bonds is 5. The average Bonchev–Trinajstić information content (AvgIpc) is 2.45. The monoisotopic (exact) mass is 284 g/mol. The van der Waals surface area contributed by atoms with Crippen LogP contribution < -0.4 is 5.32 Å². The normalized spacial score (nSPS) is 11.6. The van der Waals surface area contributed by atoms with Crippen LogP contribution in [0.2, 0.25) is 0 Å². The van der Waals surface area contributed by atoms with Gasteiger partial charge in [-0.05, 0) is 29.2 Å². The lowest BCUT2D eigenvalue weighted by atomic mass is 9.83. The number of hydrogen-bond donors (Lipinski definition) is 2. The summed E-state index contributed by atoms with van der Waals surface area (Å²) in [6, 6.07) is 11.7. The molecule has 1 aromatic carbocycles. The molecule has 112 valence electrons. The molecule has 1 heterocycles. The van der Waals surface area contributed by atoms with Gasteiger partial charge in [-0.2, -0.15) is 0 Å². The molecule has 3 heteroatoms. The van der Waals surface area contributed by atoms with Crippen molar-refractivity contribution in [1.29, 1.82) is 0 Å². The molecule has 0 fully saturated rings. The molecule has 2 aromatic rings. The van der Waals surface area contributed by atoms with Crippen LogP contribution in [0, 0.1) is 0 Å². The molecular weight excluding hydrogens is 260 g/mol. The minimum absolute atomic E-state index is 0.0245. The molecule has 0 aliphatic carbocycles. The highest BCUT2D eigenvalue weighted by atomic mass is 16.3. The first-order valence-electron chi connectivity index (χ1n) is 7.40. The van der Waals surface area contributed by atoms with Crippen molar-refractivity contribution in [1.82, 2.24) is 10.3 Å². The summed E-state index contributed by atoms with van der Waals surface area (Å²) in [6.07, 6.45) is 2.70. The quantitative estimate of drug-likeness (QED) is 0.827. The number of benzene rings is 1. The molecule has 0 saturated carbocycles. The van der Waals surface area contributed by atoms with Crippen molar-refractivity contribution in [2.45, 2.75) is 39.2 Å². The van der Waals surface area contributed by atoms with Crippen molar-refractivity contribution in [3.05, 3.63) is 59.4 Å². The molecule has 3 nitrogen and oxygen atoms in total. The molecule has 2 N–H and O–H groups in total. The van der Waals surface area contributed by atoms with E-state index in [4.69, 9.17) is 0 Å². The Morgan fingerprint density at radius 2 is 1.90 bits per heavy atom. The minimum atomic E-state index is 0.0245. The Morgan fingerprint density at radius 1 is 1.10 bits per heavy atom. The van der Waals surface area contributed by atoms with Crippen molar-refractivity contribution in [3.63, 3.8) is 0 Å². The Morgan fingerprint density at radius 3 is 2.57 bits per heavy atom. The molecule has 2 rings (SSSR count). The van der Waals surface area contributed by atoms with E-state index in [-0.39, 0.29) is 5.41 Å². The van der Waals surface area contributed by atoms with Crippen LogP contribution in [-0.2, 0) is 18.4 Å². The fraction of sp³-hybridized carbons (Fsp3) is 0.389. The van der Waals surface area contributed by atoms with Crippen LogP contribution in [0.1, 0.15) is 37.6 Å². The van der Waals surface area contributed by atoms with Gasteiger partial charge in [0.15, 0.2) is 0 Å². The summed E-state index contributed by atoms with van der Waals surface area (Å²) in [5.41, 5.74) is 3.29. The van der Waals surface area contributed by atoms with Crippen molar-refractivity contribution < 1.29 is 5.11 Å². The van der Waals surface area contributed by atoms with Gasteiger partial charge < -0.3 is 10.4 Å². The number of phenols is 1. The number of pyridine rings is 1. The molecule has 0 bridgehead atoms. The second kappa shape index (κ2) is 6.72. The van der Waals surface area contributed by atoms with Gasteiger partial charge in [0.2, 0.25) is 0 Å². The lowest BCUT2D eigenvalue weighted by Crippen LogP contribution is -2.21. The van der Waals surface area contributed by atoms with Crippen molar-refractivity contribution in [3.8, 4) is 5.75 Å². The summed E-state index contributed by atoms with van der Waals surface area (Å²) in [5, 5.41) is 13.5.